The number of alkyl halides is 3. The quantitative estimate of drug-likeness (QED) is 0.435. The summed E-state index contributed by atoms with van der Waals surface area (Å²) in [6.07, 6.45) is -1.12. The maximum Gasteiger partial charge on any atom is 0.422 e. The van der Waals surface area contributed by atoms with Crippen LogP contribution >= 0.6 is 0 Å². The minimum absolute atomic E-state index is 0.0282. The third-order valence-electron chi connectivity index (χ3n) is 5.50. The van der Waals surface area contributed by atoms with E-state index in [2.05, 4.69) is 4.98 Å². The van der Waals surface area contributed by atoms with Gasteiger partial charge in [0.05, 0.1) is 30.0 Å². The van der Waals surface area contributed by atoms with Gasteiger partial charge < -0.3 is 13.9 Å². The van der Waals surface area contributed by atoms with Crippen LogP contribution in [0.1, 0.15) is 39.3 Å². The average molecular weight is 472 g/mol. The van der Waals surface area contributed by atoms with E-state index >= 15 is 0 Å². The van der Waals surface area contributed by atoms with Gasteiger partial charge in [0.2, 0.25) is 5.89 Å². The van der Waals surface area contributed by atoms with Gasteiger partial charge in [0.25, 0.3) is 11.8 Å². The van der Waals surface area contributed by atoms with E-state index in [0.29, 0.717) is 34.9 Å². The molecule has 7 nitrogen and oxygen atoms in total. The second kappa shape index (κ2) is 8.51. The summed E-state index contributed by atoms with van der Waals surface area (Å²) in [4.78, 5) is 30.6. The number of hydrogen-bond acceptors (Lipinski definition) is 6. The van der Waals surface area contributed by atoms with Gasteiger partial charge in [-0.2, -0.15) is 13.2 Å². The molecule has 0 spiro atoms. The van der Waals surface area contributed by atoms with Crippen molar-refractivity contribution in [2.24, 2.45) is 5.92 Å². The Morgan fingerprint density at radius 3 is 2.35 bits per heavy atom. The molecule has 1 aromatic heterocycles. The van der Waals surface area contributed by atoms with E-state index in [0.717, 1.165) is 17.7 Å². The van der Waals surface area contributed by atoms with Gasteiger partial charge in [0.1, 0.15) is 6.26 Å². The summed E-state index contributed by atoms with van der Waals surface area (Å²) >= 11 is 0. The van der Waals surface area contributed by atoms with Gasteiger partial charge in [0, 0.05) is 5.56 Å². The Morgan fingerprint density at radius 1 is 1.00 bits per heavy atom. The van der Waals surface area contributed by atoms with Crippen molar-refractivity contribution in [3.63, 3.8) is 0 Å². The molecule has 1 fully saturated rings. The van der Waals surface area contributed by atoms with Gasteiger partial charge in [-0.25, -0.2) is 4.98 Å². The van der Waals surface area contributed by atoms with Crippen LogP contribution in [0.2, 0.25) is 0 Å². The monoisotopic (exact) mass is 472 g/mol. The number of nitrogens with zero attached hydrogens (tertiary/aromatic N) is 2. The van der Waals surface area contributed by atoms with E-state index in [1.54, 1.807) is 24.3 Å². The molecule has 2 aliphatic rings. The molecule has 0 atom stereocenters. The highest BCUT2D eigenvalue weighted by molar-refractivity contribution is 6.21. The Morgan fingerprint density at radius 2 is 1.71 bits per heavy atom. The third-order valence-corrected chi connectivity index (χ3v) is 5.50. The maximum atomic E-state index is 12.6. The predicted molar refractivity (Wildman–Crippen MR) is 112 cm³/mol. The number of hydrogen-bond donors (Lipinski definition) is 0. The summed E-state index contributed by atoms with van der Waals surface area (Å²) in [5, 5.41) is 0. The van der Waals surface area contributed by atoms with Crippen molar-refractivity contribution in [3.8, 4) is 23.0 Å². The van der Waals surface area contributed by atoms with E-state index in [1.807, 2.05) is 0 Å². The molecule has 1 aliphatic carbocycles. The summed E-state index contributed by atoms with van der Waals surface area (Å²) in [6.45, 7) is -1.13. The lowest BCUT2D eigenvalue weighted by atomic mass is 10.1. The number of rotatable bonds is 8. The average Bonchev–Trinajstić information content (AvgIpc) is 3.48. The normalized spacial score (nSPS) is 15.6. The van der Waals surface area contributed by atoms with Crippen LogP contribution in [0.25, 0.3) is 11.5 Å². The van der Waals surface area contributed by atoms with Crippen LogP contribution in [0.4, 0.5) is 13.2 Å². The molecule has 0 bridgehead atoms. The van der Waals surface area contributed by atoms with Crippen molar-refractivity contribution in [1.82, 2.24) is 9.88 Å². The molecule has 0 radical (unpaired) electrons. The summed E-state index contributed by atoms with van der Waals surface area (Å²) in [5.74, 6) is -0.134. The van der Waals surface area contributed by atoms with Crippen LogP contribution in [0.3, 0.4) is 0 Å². The first-order chi connectivity index (χ1) is 16.3. The first kappa shape index (κ1) is 22.0. The Hall–Kier alpha value is -3.82. The van der Waals surface area contributed by atoms with Gasteiger partial charge in [-0.15, -0.1) is 0 Å². The van der Waals surface area contributed by atoms with Crippen LogP contribution in [0.5, 0.6) is 11.5 Å². The number of halogens is 3. The molecule has 34 heavy (non-hydrogen) atoms. The Kier molecular flexibility index (Phi) is 5.51. The topological polar surface area (TPSA) is 81.9 Å². The number of ether oxygens (including phenoxy) is 2. The second-order valence-electron chi connectivity index (χ2n) is 8.21. The van der Waals surface area contributed by atoms with Gasteiger partial charge in [0.15, 0.2) is 18.1 Å². The van der Waals surface area contributed by atoms with E-state index in [4.69, 9.17) is 13.9 Å². The fourth-order valence-electron chi connectivity index (χ4n) is 3.58. The van der Waals surface area contributed by atoms with Crippen LogP contribution in [0, 0.1) is 5.92 Å². The molecule has 2 amide bonds. The second-order valence-corrected chi connectivity index (χ2v) is 8.21. The highest BCUT2D eigenvalue weighted by Gasteiger charge is 2.35. The molecule has 2 heterocycles. The van der Waals surface area contributed by atoms with Crippen molar-refractivity contribution >= 4 is 11.8 Å². The summed E-state index contributed by atoms with van der Waals surface area (Å²) in [6, 6.07) is 10.9. The van der Waals surface area contributed by atoms with Gasteiger partial charge >= 0.3 is 6.18 Å². The predicted octanol–water partition coefficient (Wildman–Crippen LogP) is 4.87. The lowest BCUT2D eigenvalue weighted by Gasteiger charge is -2.14. The minimum atomic E-state index is -4.48. The fourth-order valence-corrected chi connectivity index (χ4v) is 3.58. The van der Waals surface area contributed by atoms with Crippen molar-refractivity contribution < 1.29 is 36.7 Å². The molecule has 0 N–H and O–H groups in total. The largest absolute Gasteiger partial charge is 0.489 e. The molecule has 10 heteroatoms. The number of aromatic nitrogens is 1. The molecular formula is C24H19F3N2O5. The Labute approximate surface area is 192 Å². The van der Waals surface area contributed by atoms with E-state index in [-0.39, 0.29) is 23.9 Å². The molecule has 5 rings (SSSR count). The smallest absolute Gasteiger partial charge is 0.422 e. The van der Waals surface area contributed by atoms with Gasteiger partial charge in [-0.05, 0) is 49.1 Å². The van der Waals surface area contributed by atoms with Crippen molar-refractivity contribution in [3.05, 3.63) is 65.5 Å². The number of fused-ring (bicyclic) bond motifs is 1. The Bertz CT molecular complexity index is 1210. The van der Waals surface area contributed by atoms with Gasteiger partial charge in [-0.1, -0.05) is 12.1 Å². The van der Waals surface area contributed by atoms with Crippen LogP contribution in [-0.2, 0) is 6.54 Å². The highest BCUT2D eigenvalue weighted by Crippen LogP contribution is 2.36. The first-order valence-corrected chi connectivity index (χ1v) is 10.6. The number of carbonyl (C=O) groups excluding carboxylic acids is 2. The third kappa shape index (κ3) is 4.61. The molecule has 0 saturated heterocycles. The number of amides is 2. The van der Waals surface area contributed by atoms with Gasteiger partial charge in [-0.3, -0.25) is 14.5 Å². The SMILES string of the molecule is O=C1c2ccccc2C(=O)N1Cc1coc(-c2ccc(OCC(F)(F)F)c(OCC3CC3)c2)n1. The zero-order valence-electron chi connectivity index (χ0n) is 17.8. The van der Waals surface area contributed by atoms with Crippen molar-refractivity contribution in [2.75, 3.05) is 13.2 Å². The summed E-state index contributed by atoms with van der Waals surface area (Å²) in [7, 11) is 0. The van der Waals surface area contributed by atoms with Crippen molar-refractivity contribution in [2.45, 2.75) is 25.6 Å². The standard InChI is InChI=1S/C24H19F3N2O5/c25-24(26,27)13-34-19-8-7-15(9-20(19)32-11-14-5-6-14)21-28-16(12-33-21)10-29-22(30)17-3-1-2-4-18(17)23(29)31/h1-4,7-9,12,14H,5-6,10-11,13H2. The number of oxazole rings is 1. The summed E-state index contributed by atoms with van der Waals surface area (Å²) in [5.41, 5.74) is 1.48. The first-order valence-electron chi connectivity index (χ1n) is 10.6. The lowest BCUT2D eigenvalue weighted by molar-refractivity contribution is -0.153. The molecule has 3 aromatic rings. The molecular weight excluding hydrogens is 453 g/mol. The lowest BCUT2D eigenvalue weighted by Crippen LogP contribution is -2.29. The minimum Gasteiger partial charge on any atom is -0.489 e. The van der Waals surface area contributed by atoms with Crippen molar-refractivity contribution in [1.29, 1.82) is 0 Å². The zero-order chi connectivity index (χ0) is 23.9. The van der Waals surface area contributed by atoms with Crippen LogP contribution in [0.15, 0.2) is 53.1 Å². The van der Waals surface area contributed by atoms with E-state index < -0.39 is 24.6 Å². The molecule has 1 saturated carbocycles. The summed E-state index contributed by atoms with van der Waals surface area (Å²) < 4.78 is 54.0. The number of carbonyl (C=O) groups is 2. The molecule has 0 unspecified atom stereocenters. The van der Waals surface area contributed by atoms with E-state index in [1.165, 1.54) is 24.5 Å². The van der Waals surface area contributed by atoms with E-state index in [9.17, 15) is 22.8 Å². The Balaban J connectivity index is 1.34. The van der Waals surface area contributed by atoms with Crippen LogP contribution in [-0.4, -0.2) is 41.1 Å². The number of imide groups is 1. The van der Waals surface area contributed by atoms with Crippen LogP contribution < -0.4 is 9.47 Å². The highest BCUT2D eigenvalue weighted by atomic mass is 19.4. The molecule has 1 aliphatic heterocycles. The molecule has 2 aromatic carbocycles. The fraction of sp³-hybridized carbons (Fsp3) is 0.292. The number of benzene rings is 2. The zero-order valence-corrected chi connectivity index (χ0v) is 17.8. The molecule has 176 valence electrons. The maximum absolute atomic E-state index is 12.6.